The number of amides is 1. The lowest BCUT2D eigenvalue weighted by Crippen LogP contribution is -2.32. The summed E-state index contributed by atoms with van der Waals surface area (Å²) in [5, 5.41) is 13.0. The first-order chi connectivity index (χ1) is 15.0. The van der Waals surface area contributed by atoms with Gasteiger partial charge in [-0.15, -0.1) is 0 Å². The molecule has 1 aromatic carbocycles. The van der Waals surface area contributed by atoms with Gasteiger partial charge in [-0.2, -0.15) is 5.10 Å². The highest BCUT2D eigenvalue weighted by Crippen LogP contribution is 2.26. The molecule has 0 fully saturated rings. The topological polar surface area (TPSA) is 84.7 Å². The molecule has 0 bridgehead atoms. The molecule has 2 heterocycles. The molecule has 0 spiro atoms. The van der Waals surface area contributed by atoms with Gasteiger partial charge in [0.1, 0.15) is 5.82 Å². The highest BCUT2D eigenvalue weighted by atomic mass is 32.2. The highest BCUT2D eigenvalue weighted by Gasteiger charge is 2.18. The van der Waals surface area contributed by atoms with Crippen molar-refractivity contribution < 1.29 is 4.79 Å². The van der Waals surface area contributed by atoms with Crippen LogP contribution in [-0.2, 0) is 11.3 Å². The normalized spacial score (nSPS) is 12.3. The number of hydrogen-bond acceptors (Lipinski definition) is 6. The second-order valence-corrected chi connectivity index (χ2v) is 9.26. The smallest absolute Gasteiger partial charge is 0.227 e. The predicted octanol–water partition coefficient (Wildman–Crippen LogP) is 4.46. The fourth-order valence-electron chi connectivity index (χ4n) is 3.41. The zero-order chi connectivity index (χ0) is 22.2. The molecular weight excluding hydrogens is 408 g/mol. The summed E-state index contributed by atoms with van der Waals surface area (Å²) in [5.74, 6) is 0.721. The van der Waals surface area contributed by atoms with E-state index in [-0.39, 0.29) is 11.8 Å². The molecule has 7 nitrogen and oxygen atoms in total. The van der Waals surface area contributed by atoms with Gasteiger partial charge in [0.15, 0.2) is 10.8 Å². The molecule has 1 atom stereocenters. The van der Waals surface area contributed by atoms with Crippen molar-refractivity contribution in [1.82, 2.24) is 25.1 Å². The molecule has 0 aliphatic carbocycles. The van der Waals surface area contributed by atoms with Crippen molar-refractivity contribution in [3.8, 4) is 0 Å². The van der Waals surface area contributed by atoms with Crippen LogP contribution in [0.2, 0.25) is 0 Å². The number of carbonyl (C=O) groups is 1. The number of benzene rings is 1. The maximum absolute atomic E-state index is 12.7. The Morgan fingerprint density at radius 3 is 2.58 bits per heavy atom. The first kappa shape index (κ1) is 23.1. The van der Waals surface area contributed by atoms with Crippen molar-refractivity contribution >= 4 is 34.5 Å². The Morgan fingerprint density at radius 2 is 1.90 bits per heavy atom. The summed E-state index contributed by atoms with van der Waals surface area (Å²) in [6.07, 6.45) is 3.58. The minimum atomic E-state index is -0.142. The van der Waals surface area contributed by atoms with Crippen molar-refractivity contribution in [1.29, 1.82) is 0 Å². The Morgan fingerprint density at radius 1 is 1.13 bits per heavy atom. The van der Waals surface area contributed by atoms with Gasteiger partial charge in [0.2, 0.25) is 5.91 Å². The minimum absolute atomic E-state index is 0.0427. The van der Waals surface area contributed by atoms with E-state index in [0.29, 0.717) is 18.3 Å². The maximum atomic E-state index is 12.7. The van der Waals surface area contributed by atoms with Gasteiger partial charge in [-0.25, -0.2) is 14.6 Å². The third-order valence-corrected chi connectivity index (χ3v) is 5.77. The number of rotatable bonds is 11. The second kappa shape index (κ2) is 11.1. The first-order valence-corrected chi connectivity index (χ1v) is 11.9. The number of nitrogens with zero attached hydrogens (tertiary/aromatic N) is 4. The van der Waals surface area contributed by atoms with E-state index in [4.69, 9.17) is 4.98 Å². The van der Waals surface area contributed by atoms with Crippen molar-refractivity contribution in [2.45, 2.75) is 63.4 Å². The quantitative estimate of drug-likeness (QED) is 0.338. The van der Waals surface area contributed by atoms with E-state index in [1.165, 1.54) is 0 Å². The standard InChI is InChI=1S/C23H32N6OS/c1-5-12-24-20-19-15-26-29(21(19)28-23(27-20)31-16(3)4)14-13-25-22(30)18(6-2)17-10-8-7-9-11-17/h7-11,15-16,18H,5-6,12-14H2,1-4H3,(H,25,30)(H,24,27,28). The van der Waals surface area contributed by atoms with Crippen LogP contribution in [0.1, 0.15) is 52.0 Å². The van der Waals surface area contributed by atoms with Crippen LogP contribution in [0.5, 0.6) is 0 Å². The van der Waals surface area contributed by atoms with Gasteiger partial charge in [-0.1, -0.05) is 69.8 Å². The first-order valence-electron chi connectivity index (χ1n) is 11.0. The lowest BCUT2D eigenvalue weighted by atomic mass is 9.96. The Balaban J connectivity index is 1.73. The molecule has 31 heavy (non-hydrogen) atoms. The van der Waals surface area contributed by atoms with Crippen molar-refractivity contribution in [3.05, 3.63) is 42.1 Å². The summed E-state index contributed by atoms with van der Waals surface area (Å²) in [6, 6.07) is 9.92. The van der Waals surface area contributed by atoms with E-state index in [1.54, 1.807) is 18.0 Å². The van der Waals surface area contributed by atoms with E-state index in [1.807, 2.05) is 41.9 Å². The van der Waals surface area contributed by atoms with Crippen LogP contribution in [0, 0.1) is 0 Å². The summed E-state index contributed by atoms with van der Waals surface area (Å²) < 4.78 is 1.85. The van der Waals surface area contributed by atoms with Crippen LogP contribution < -0.4 is 10.6 Å². The molecule has 3 rings (SSSR count). The summed E-state index contributed by atoms with van der Waals surface area (Å²) in [6.45, 7) is 10.3. The molecule has 0 saturated carbocycles. The van der Waals surface area contributed by atoms with Crippen molar-refractivity contribution in [3.63, 3.8) is 0 Å². The van der Waals surface area contributed by atoms with Gasteiger partial charge in [0, 0.05) is 18.3 Å². The molecule has 2 N–H and O–H groups in total. The molecule has 166 valence electrons. The number of fused-ring (bicyclic) bond motifs is 1. The molecule has 2 aromatic heterocycles. The van der Waals surface area contributed by atoms with E-state index >= 15 is 0 Å². The lowest BCUT2D eigenvalue weighted by Gasteiger charge is -2.15. The fourth-order valence-corrected chi connectivity index (χ4v) is 4.11. The second-order valence-electron chi connectivity index (χ2n) is 7.72. The number of thioether (sulfide) groups is 1. The minimum Gasteiger partial charge on any atom is -0.369 e. The molecular formula is C23H32N6OS. The van der Waals surface area contributed by atoms with Crippen molar-refractivity contribution in [2.24, 2.45) is 0 Å². The third kappa shape index (κ3) is 5.97. The Kier molecular flexibility index (Phi) is 8.28. The van der Waals surface area contributed by atoms with Crippen LogP contribution in [-0.4, -0.2) is 44.0 Å². The van der Waals surface area contributed by atoms with Gasteiger partial charge < -0.3 is 10.6 Å². The molecule has 0 saturated heterocycles. The van der Waals surface area contributed by atoms with E-state index in [0.717, 1.165) is 47.0 Å². The summed E-state index contributed by atoms with van der Waals surface area (Å²) in [5.41, 5.74) is 1.84. The Hall–Kier alpha value is -2.61. The van der Waals surface area contributed by atoms with E-state index < -0.39 is 0 Å². The SMILES string of the molecule is CCCNc1nc(SC(C)C)nc2c1cnn2CCNC(=O)C(CC)c1ccccc1. The molecule has 8 heteroatoms. The molecule has 0 aliphatic rings. The number of aromatic nitrogens is 4. The fraction of sp³-hybridized carbons (Fsp3) is 0.478. The van der Waals surface area contributed by atoms with Gasteiger partial charge in [-0.3, -0.25) is 4.79 Å². The monoisotopic (exact) mass is 440 g/mol. The third-order valence-electron chi connectivity index (χ3n) is 4.91. The number of carbonyl (C=O) groups excluding carboxylic acids is 1. The number of hydrogen-bond donors (Lipinski definition) is 2. The Labute approximate surface area is 188 Å². The van der Waals surface area contributed by atoms with Crippen LogP contribution in [0.15, 0.2) is 41.7 Å². The van der Waals surface area contributed by atoms with Gasteiger partial charge in [0.05, 0.1) is 24.0 Å². The predicted molar refractivity (Wildman–Crippen MR) is 128 cm³/mol. The number of anilines is 1. The average Bonchev–Trinajstić information content (AvgIpc) is 3.16. The molecule has 0 radical (unpaired) electrons. The zero-order valence-corrected chi connectivity index (χ0v) is 19.6. The van der Waals surface area contributed by atoms with Gasteiger partial charge in [0.25, 0.3) is 0 Å². The summed E-state index contributed by atoms with van der Waals surface area (Å²) in [4.78, 5) is 22.2. The largest absolute Gasteiger partial charge is 0.369 e. The maximum Gasteiger partial charge on any atom is 0.227 e. The molecule has 3 aromatic rings. The van der Waals surface area contributed by atoms with Gasteiger partial charge >= 0.3 is 0 Å². The van der Waals surface area contributed by atoms with Crippen LogP contribution >= 0.6 is 11.8 Å². The summed E-state index contributed by atoms with van der Waals surface area (Å²) in [7, 11) is 0. The molecule has 1 amide bonds. The van der Waals surface area contributed by atoms with Gasteiger partial charge in [-0.05, 0) is 18.4 Å². The number of nitrogens with one attached hydrogen (secondary N) is 2. The zero-order valence-electron chi connectivity index (χ0n) is 18.8. The summed E-state index contributed by atoms with van der Waals surface area (Å²) >= 11 is 1.63. The van der Waals surface area contributed by atoms with E-state index in [9.17, 15) is 4.79 Å². The molecule has 0 aliphatic heterocycles. The Bertz CT molecular complexity index is 988. The van der Waals surface area contributed by atoms with Crippen LogP contribution in [0.3, 0.4) is 0 Å². The van der Waals surface area contributed by atoms with E-state index in [2.05, 4.69) is 41.5 Å². The van der Waals surface area contributed by atoms with Crippen LogP contribution in [0.25, 0.3) is 11.0 Å². The van der Waals surface area contributed by atoms with Crippen molar-refractivity contribution in [2.75, 3.05) is 18.4 Å². The highest BCUT2D eigenvalue weighted by molar-refractivity contribution is 7.99. The van der Waals surface area contributed by atoms with Crippen LogP contribution in [0.4, 0.5) is 5.82 Å². The average molecular weight is 441 g/mol. The lowest BCUT2D eigenvalue weighted by molar-refractivity contribution is -0.122. The molecule has 1 unspecified atom stereocenters.